The van der Waals surface area contributed by atoms with Crippen LogP contribution in [0.25, 0.3) is 0 Å². The fourth-order valence-electron chi connectivity index (χ4n) is 2.62. The van der Waals surface area contributed by atoms with Crippen molar-refractivity contribution in [1.82, 2.24) is 9.88 Å². The first-order chi connectivity index (χ1) is 10.2. The van der Waals surface area contributed by atoms with E-state index in [1.807, 2.05) is 23.7 Å². The quantitative estimate of drug-likeness (QED) is 0.876. The van der Waals surface area contributed by atoms with Crippen molar-refractivity contribution in [3.05, 3.63) is 35.3 Å². The molecule has 0 aliphatic carbocycles. The van der Waals surface area contributed by atoms with Crippen molar-refractivity contribution >= 4 is 22.2 Å². The van der Waals surface area contributed by atoms with Crippen molar-refractivity contribution in [2.45, 2.75) is 6.54 Å². The summed E-state index contributed by atoms with van der Waals surface area (Å²) in [7, 11) is 1.67. The van der Waals surface area contributed by atoms with E-state index in [2.05, 4.69) is 20.9 Å². The monoisotopic (exact) mass is 304 g/mol. The van der Waals surface area contributed by atoms with Crippen LogP contribution in [0.2, 0.25) is 0 Å². The lowest BCUT2D eigenvalue weighted by atomic mass is 10.1. The van der Waals surface area contributed by atoms with Gasteiger partial charge in [-0.1, -0.05) is 0 Å². The summed E-state index contributed by atoms with van der Waals surface area (Å²) in [6.45, 7) is 5.03. The lowest BCUT2D eigenvalue weighted by Gasteiger charge is -2.34. The highest BCUT2D eigenvalue weighted by Gasteiger charge is 2.18. The summed E-state index contributed by atoms with van der Waals surface area (Å²) in [5.74, 6) is 0.825. The molecule has 0 atom stereocenters. The van der Waals surface area contributed by atoms with Crippen LogP contribution in [0.1, 0.15) is 5.56 Å². The molecule has 2 aromatic rings. The van der Waals surface area contributed by atoms with E-state index in [-0.39, 0.29) is 0 Å². The standard InChI is InChI=1S/C15H20N4OS/c1-20-14-9-12(8-13(16)10-14)11-18-3-5-19(6-4-18)15-17-2-7-21-15/h2,7-10H,3-6,11,16H2,1H3. The molecule has 2 N–H and O–H groups in total. The average Bonchev–Trinajstić information content (AvgIpc) is 3.01. The van der Waals surface area contributed by atoms with Gasteiger partial charge in [0.25, 0.3) is 0 Å². The van der Waals surface area contributed by atoms with Crippen molar-refractivity contribution in [1.29, 1.82) is 0 Å². The molecule has 0 amide bonds. The molecule has 2 heterocycles. The van der Waals surface area contributed by atoms with Gasteiger partial charge < -0.3 is 15.4 Å². The Morgan fingerprint density at radius 3 is 2.71 bits per heavy atom. The summed E-state index contributed by atoms with van der Waals surface area (Å²) >= 11 is 1.70. The highest BCUT2D eigenvalue weighted by atomic mass is 32.1. The lowest BCUT2D eigenvalue weighted by Crippen LogP contribution is -2.45. The molecular formula is C15H20N4OS. The van der Waals surface area contributed by atoms with Gasteiger partial charge in [-0.25, -0.2) is 4.98 Å². The van der Waals surface area contributed by atoms with Crippen LogP contribution in [0, 0.1) is 0 Å². The third-order valence-electron chi connectivity index (χ3n) is 3.69. The number of piperazine rings is 1. The van der Waals surface area contributed by atoms with Crippen LogP contribution in [0.4, 0.5) is 10.8 Å². The zero-order chi connectivity index (χ0) is 14.7. The van der Waals surface area contributed by atoms with Crippen molar-refractivity contribution in [3.8, 4) is 5.75 Å². The number of methoxy groups -OCH3 is 1. The second-order valence-corrected chi connectivity index (χ2v) is 6.07. The number of ether oxygens (including phenoxy) is 1. The Bertz CT molecular complexity index is 579. The number of nitrogen functional groups attached to an aromatic ring is 1. The summed E-state index contributed by atoms with van der Waals surface area (Å²) in [6, 6.07) is 5.93. The molecule has 6 heteroatoms. The van der Waals surface area contributed by atoms with Crippen LogP contribution in [0.15, 0.2) is 29.8 Å². The molecule has 0 unspecified atom stereocenters. The molecule has 0 bridgehead atoms. The first-order valence-electron chi connectivity index (χ1n) is 7.05. The molecule has 1 aromatic heterocycles. The maximum atomic E-state index is 5.91. The van der Waals surface area contributed by atoms with Crippen molar-refractivity contribution in [2.75, 3.05) is 43.9 Å². The smallest absolute Gasteiger partial charge is 0.185 e. The number of hydrogen-bond donors (Lipinski definition) is 1. The van der Waals surface area contributed by atoms with Crippen LogP contribution in [0.3, 0.4) is 0 Å². The van der Waals surface area contributed by atoms with Crippen LogP contribution in [-0.4, -0.2) is 43.2 Å². The second kappa shape index (κ2) is 6.32. The van der Waals surface area contributed by atoms with E-state index in [0.717, 1.165) is 49.3 Å². The summed E-state index contributed by atoms with van der Waals surface area (Å²) in [6.07, 6.45) is 1.87. The van der Waals surface area contributed by atoms with Gasteiger partial charge in [-0.3, -0.25) is 4.90 Å². The Balaban J connectivity index is 1.59. The van der Waals surface area contributed by atoms with E-state index in [1.165, 1.54) is 5.56 Å². The molecule has 0 saturated carbocycles. The number of thiazole rings is 1. The van der Waals surface area contributed by atoms with Crippen molar-refractivity contribution < 1.29 is 4.74 Å². The Morgan fingerprint density at radius 2 is 2.05 bits per heavy atom. The number of aromatic nitrogens is 1. The minimum Gasteiger partial charge on any atom is -0.497 e. The highest BCUT2D eigenvalue weighted by Crippen LogP contribution is 2.22. The molecule has 112 valence electrons. The van der Waals surface area contributed by atoms with Gasteiger partial charge in [0.1, 0.15) is 5.75 Å². The SMILES string of the molecule is COc1cc(N)cc(CN2CCN(c3nccs3)CC2)c1. The Kier molecular flexibility index (Phi) is 4.26. The summed E-state index contributed by atoms with van der Waals surface area (Å²) < 4.78 is 5.28. The van der Waals surface area contributed by atoms with Gasteiger partial charge in [0.05, 0.1) is 7.11 Å². The largest absolute Gasteiger partial charge is 0.497 e. The lowest BCUT2D eigenvalue weighted by molar-refractivity contribution is 0.249. The number of nitrogens with zero attached hydrogens (tertiary/aromatic N) is 3. The topological polar surface area (TPSA) is 54.6 Å². The van der Waals surface area contributed by atoms with Crippen LogP contribution >= 0.6 is 11.3 Å². The van der Waals surface area contributed by atoms with Gasteiger partial charge in [-0.2, -0.15) is 0 Å². The van der Waals surface area contributed by atoms with E-state index >= 15 is 0 Å². The predicted octanol–water partition coefficient (Wildman–Crippen LogP) is 2.06. The van der Waals surface area contributed by atoms with Crippen LogP contribution < -0.4 is 15.4 Å². The summed E-state index contributed by atoms with van der Waals surface area (Å²) in [5.41, 5.74) is 7.87. The predicted molar refractivity (Wildman–Crippen MR) is 87.0 cm³/mol. The van der Waals surface area contributed by atoms with Gasteiger partial charge in [-0.15, -0.1) is 11.3 Å². The minimum atomic E-state index is 0.755. The van der Waals surface area contributed by atoms with E-state index < -0.39 is 0 Å². The normalized spacial score (nSPS) is 16.1. The second-order valence-electron chi connectivity index (χ2n) is 5.19. The number of anilines is 2. The van der Waals surface area contributed by atoms with Gasteiger partial charge in [-0.05, 0) is 17.7 Å². The van der Waals surface area contributed by atoms with Crippen molar-refractivity contribution in [3.63, 3.8) is 0 Å². The molecule has 0 spiro atoms. The average molecular weight is 304 g/mol. The Hall–Kier alpha value is -1.79. The fraction of sp³-hybridized carbons (Fsp3) is 0.400. The molecular weight excluding hydrogens is 284 g/mol. The maximum Gasteiger partial charge on any atom is 0.185 e. The van der Waals surface area contributed by atoms with Crippen LogP contribution in [-0.2, 0) is 6.54 Å². The zero-order valence-corrected chi connectivity index (χ0v) is 13.0. The van der Waals surface area contributed by atoms with E-state index in [9.17, 15) is 0 Å². The highest BCUT2D eigenvalue weighted by molar-refractivity contribution is 7.13. The first-order valence-corrected chi connectivity index (χ1v) is 7.93. The Morgan fingerprint density at radius 1 is 1.24 bits per heavy atom. The fourth-order valence-corrected chi connectivity index (χ4v) is 3.32. The van der Waals surface area contributed by atoms with E-state index in [4.69, 9.17) is 10.5 Å². The molecule has 5 nitrogen and oxygen atoms in total. The van der Waals surface area contributed by atoms with E-state index in [0.29, 0.717) is 0 Å². The van der Waals surface area contributed by atoms with Gasteiger partial charge in [0, 0.05) is 56.1 Å². The molecule has 1 aromatic carbocycles. The molecule has 1 saturated heterocycles. The van der Waals surface area contributed by atoms with Crippen LogP contribution in [0.5, 0.6) is 5.75 Å². The molecule has 1 aliphatic heterocycles. The van der Waals surface area contributed by atoms with Gasteiger partial charge >= 0.3 is 0 Å². The summed E-state index contributed by atoms with van der Waals surface area (Å²) in [5, 5.41) is 3.15. The third kappa shape index (κ3) is 3.46. The molecule has 1 aliphatic rings. The minimum absolute atomic E-state index is 0.755. The Labute approximate surface area is 129 Å². The van der Waals surface area contributed by atoms with Crippen molar-refractivity contribution in [2.24, 2.45) is 0 Å². The molecule has 3 rings (SSSR count). The maximum absolute atomic E-state index is 5.91. The number of rotatable bonds is 4. The first kappa shape index (κ1) is 14.2. The molecule has 1 fully saturated rings. The molecule has 21 heavy (non-hydrogen) atoms. The number of nitrogens with two attached hydrogens (primary N) is 1. The number of hydrogen-bond acceptors (Lipinski definition) is 6. The summed E-state index contributed by atoms with van der Waals surface area (Å²) in [4.78, 5) is 9.17. The zero-order valence-electron chi connectivity index (χ0n) is 12.2. The molecule has 0 radical (unpaired) electrons. The third-order valence-corrected chi connectivity index (χ3v) is 4.52. The van der Waals surface area contributed by atoms with Gasteiger partial charge in [0.15, 0.2) is 5.13 Å². The number of benzene rings is 1. The van der Waals surface area contributed by atoms with Gasteiger partial charge in [0.2, 0.25) is 0 Å². The van der Waals surface area contributed by atoms with E-state index in [1.54, 1.807) is 18.4 Å².